The Labute approximate surface area is 214 Å². The number of hydrogen-bond acceptors (Lipinski definition) is 4. The number of ether oxygens (including phenoxy) is 3. The monoisotopic (exact) mass is 479 g/mol. The van der Waals surface area contributed by atoms with E-state index in [1.54, 1.807) is 7.11 Å². The van der Waals surface area contributed by atoms with Gasteiger partial charge in [0.1, 0.15) is 19.0 Å². The van der Waals surface area contributed by atoms with Crippen molar-refractivity contribution in [2.45, 2.75) is 32.1 Å². The summed E-state index contributed by atoms with van der Waals surface area (Å²) in [6.07, 6.45) is 1.93. The fraction of sp³-hybridized carbons (Fsp3) is 0.250. The summed E-state index contributed by atoms with van der Waals surface area (Å²) in [4.78, 5) is 2.44. The van der Waals surface area contributed by atoms with Gasteiger partial charge < -0.3 is 14.2 Å². The Morgan fingerprint density at radius 2 is 1.36 bits per heavy atom. The van der Waals surface area contributed by atoms with Crippen LogP contribution in [0, 0.1) is 0 Å². The standard InChI is InChI=1S/C32H33NO3/c1-33-18-17-27-20-31(34-2)32(36-23-26-11-7-4-8-12-26)21-29(27)30(33)19-24-13-15-28(16-14-24)35-22-25-9-5-3-6-10-25/h3-16,20-21,30H,17-19,22-23H2,1-2H3. The summed E-state index contributed by atoms with van der Waals surface area (Å²) in [6.45, 7) is 2.11. The summed E-state index contributed by atoms with van der Waals surface area (Å²) in [5.74, 6) is 2.49. The second-order valence-electron chi connectivity index (χ2n) is 9.34. The highest BCUT2D eigenvalue weighted by molar-refractivity contribution is 5.50. The molecular weight excluding hydrogens is 446 g/mol. The minimum absolute atomic E-state index is 0.273. The number of likely N-dealkylation sites (N-methyl/N-ethyl adjacent to an activating group) is 1. The molecule has 1 aliphatic heterocycles. The lowest BCUT2D eigenvalue weighted by Crippen LogP contribution is -2.33. The average Bonchev–Trinajstić information content (AvgIpc) is 2.93. The first-order valence-electron chi connectivity index (χ1n) is 12.5. The number of rotatable bonds is 9. The van der Waals surface area contributed by atoms with Crippen molar-refractivity contribution in [1.29, 1.82) is 0 Å². The van der Waals surface area contributed by atoms with Gasteiger partial charge in [-0.3, -0.25) is 4.90 Å². The van der Waals surface area contributed by atoms with E-state index in [0.717, 1.165) is 42.2 Å². The number of nitrogens with zero attached hydrogens (tertiary/aromatic N) is 1. The molecule has 0 radical (unpaired) electrons. The Morgan fingerprint density at radius 3 is 2.00 bits per heavy atom. The van der Waals surface area contributed by atoms with Crippen molar-refractivity contribution in [2.75, 3.05) is 20.7 Å². The smallest absolute Gasteiger partial charge is 0.162 e. The van der Waals surface area contributed by atoms with Crippen molar-refractivity contribution in [1.82, 2.24) is 4.90 Å². The highest BCUT2D eigenvalue weighted by atomic mass is 16.5. The molecule has 4 heteroatoms. The molecule has 0 spiro atoms. The molecule has 0 saturated heterocycles. The highest BCUT2D eigenvalue weighted by Crippen LogP contribution is 2.39. The van der Waals surface area contributed by atoms with Gasteiger partial charge in [-0.1, -0.05) is 72.8 Å². The molecule has 4 aromatic rings. The molecule has 0 amide bonds. The van der Waals surface area contributed by atoms with Crippen molar-refractivity contribution >= 4 is 0 Å². The van der Waals surface area contributed by atoms with Crippen molar-refractivity contribution in [2.24, 2.45) is 0 Å². The van der Waals surface area contributed by atoms with Crippen molar-refractivity contribution in [3.63, 3.8) is 0 Å². The molecule has 1 aliphatic rings. The Balaban J connectivity index is 1.31. The molecule has 1 unspecified atom stereocenters. The van der Waals surface area contributed by atoms with Crippen LogP contribution in [-0.4, -0.2) is 25.6 Å². The Morgan fingerprint density at radius 1 is 0.722 bits per heavy atom. The zero-order valence-electron chi connectivity index (χ0n) is 21.0. The van der Waals surface area contributed by atoms with Gasteiger partial charge in [-0.15, -0.1) is 0 Å². The number of methoxy groups -OCH3 is 1. The number of benzene rings is 4. The molecule has 4 nitrogen and oxygen atoms in total. The SMILES string of the molecule is COc1cc2c(cc1OCc1ccccc1)C(Cc1ccc(OCc3ccccc3)cc1)N(C)CC2. The summed E-state index contributed by atoms with van der Waals surface area (Å²) in [6, 6.07) is 33.6. The summed E-state index contributed by atoms with van der Waals surface area (Å²) in [5.41, 5.74) is 6.25. The molecule has 1 atom stereocenters. The zero-order chi connectivity index (χ0) is 24.7. The van der Waals surface area contributed by atoms with Gasteiger partial charge in [0.2, 0.25) is 0 Å². The van der Waals surface area contributed by atoms with Crippen LogP contribution in [0.1, 0.15) is 33.9 Å². The normalized spacial score (nSPS) is 15.2. The minimum Gasteiger partial charge on any atom is -0.493 e. The summed E-state index contributed by atoms with van der Waals surface area (Å²) in [5, 5.41) is 0. The molecule has 0 aromatic heterocycles. The molecule has 0 N–H and O–H groups in total. The van der Waals surface area contributed by atoms with Gasteiger partial charge in [0, 0.05) is 12.6 Å². The lowest BCUT2D eigenvalue weighted by atomic mass is 9.88. The molecule has 0 bridgehead atoms. The first kappa shape index (κ1) is 24.0. The topological polar surface area (TPSA) is 30.9 Å². The van der Waals surface area contributed by atoms with Crippen LogP contribution >= 0.6 is 0 Å². The van der Waals surface area contributed by atoms with E-state index in [0.29, 0.717) is 13.2 Å². The Kier molecular flexibility index (Phi) is 7.53. The van der Waals surface area contributed by atoms with Crippen LogP contribution in [0.2, 0.25) is 0 Å². The van der Waals surface area contributed by atoms with E-state index in [4.69, 9.17) is 14.2 Å². The molecule has 0 aliphatic carbocycles. The molecule has 5 rings (SSSR count). The first-order chi connectivity index (χ1) is 17.7. The highest BCUT2D eigenvalue weighted by Gasteiger charge is 2.27. The number of fused-ring (bicyclic) bond motifs is 1. The molecule has 4 aromatic carbocycles. The maximum absolute atomic E-state index is 6.23. The van der Waals surface area contributed by atoms with E-state index in [2.05, 4.69) is 72.6 Å². The second-order valence-corrected chi connectivity index (χ2v) is 9.34. The van der Waals surface area contributed by atoms with Crippen LogP contribution in [0.15, 0.2) is 97.1 Å². The third-order valence-electron chi connectivity index (χ3n) is 6.89. The van der Waals surface area contributed by atoms with Crippen molar-refractivity contribution in [3.8, 4) is 17.2 Å². The van der Waals surface area contributed by atoms with Crippen LogP contribution < -0.4 is 14.2 Å². The lowest BCUT2D eigenvalue weighted by Gasteiger charge is -2.35. The Bertz CT molecular complexity index is 1260. The van der Waals surface area contributed by atoms with E-state index in [1.165, 1.54) is 22.3 Å². The lowest BCUT2D eigenvalue weighted by molar-refractivity contribution is 0.226. The maximum atomic E-state index is 6.23. The summed E-state index contributed by atoms with van der Waals surface area (Å²) < 4.78 is 17.9. The minimum atomic E-state index is 0.273. The van der Waals surface area contributed by atoms with Crippen molar-refractivity contribution < 1.29 is 14.2 Å². The average molecular weight is 480 g/mol. The van der Waals surface area contributed by atoms with Gasteiger partial charge in [-0.05, 0) is 72.0 Å². The van der Waals surface area contributed by atoms with Crippen molar-refractivity contribution in [3.05, 3.63) is 125 Å². The fourth-order valence-corrected chi connectivity index (χ4v) is 4.79. The van der Waals surface area contributed by atoms with E-state index >= 15 is 0 Å². The first-order valence-corrected chi connectivity index (χ1v) is 12.5. The van der Waals surface area contributed by atoms with E-state index in [9.17, 15) is 0 Å². The maximum Gasteiger partial charge on any atom is 0.162 e. The molecule has 0 fully saturated rings. The molecule has 36 heavy (non-hydrogen) atoms. The zero-order valence-corrected chi connectivity index (χ0v) is 21.0. The van der Waals surface area contributed by atoms with Gasteiger partial charge in [-0.25, -0.2) is 0 Å². The molecular formula is C32H33NO3. The molecule has 0 saturated carbocycles. The van der Waals surface area contributed by atoms with Crippen LogP contribution in [0.4, 0.5) is 0 Å². The van der Waals surface area contributed by atoms with Gasteiger partial charge in [0.25, 0.3) is 0 Å². The van der Waals surface area contributed by atoms with Crippen LogP contribution in [-0.2, 0) is 26.1 Å². The van der Waals surface area contributed by atoms with Gasteiger partial charge in [-0.2, -0.15) is 0 Å². The molecule has 184 valence electrons. The second kappa shape index (κ2) is 11.3. The largest absolute Gasteiger partial charge is 0.493 e. The summed E-state index contributed by atoms with van der Waals surface area (Å²) >= 11 is 0. The van der Waals surface area contributed by atoms with Gasteiger partial charge in [0.05, 0.1) is 7.11 Å². The molecule has 1 heterocycles. The van der Waals surface area contributed by atoms with Crippen LogP contribution in [0.25, 0.3) is 0 Å². The third-order valence-corrected chi connectivity index (χ3v) is 6.89. The number of hydrogen-bond donors (Lipinski definition) is 0. The van der Waals surface area contributed by atoms with Gasteiger partial charge in [0.15, 0.2) is 11.5 Å². The quantitative estimate of drug-likeness (QED) is 0.270. The van der Waals surface area contributed by atoms with E-state index in [1.807, 2.05) is 36.4 Å². The predicted octanol–water partition coefficient (Wildman–Crippen LogP) is 6.62. The van der Waals surface area contributed by atoms with Crippen LogP contribution in [0.5, 0.6) is 17.2 Å². The van der Waals surface area contributed by atoms with E-state index in [-0.39, 0.29) is 6.04 Å². The Hall–Kier alpha value is -3.76. The van der Waals surface area contributed by atoms with Crippen LogP contribution in [0.3, 0.4) is 0 Å². The fourth-order valence-electron chi connectivity index (χ4n) is 4.79. The summed E-state index contributed by atoms with van der Waals surface area (Å²) in [7, 11) is 3.92. The van der Waals surface area contributed by atoms with Gasteiger partial charge >= 0.3 is 0 Å². The third kappa shape index (κ3) is 5.72. The van der Waals surface area contributed by atoms with E-state index < -0.39 is 0 Å². The predicted molar refractivity (Wildman–Crippen MR) is 144 cm³/mol.